The molecule has 0 radical (unpaired) electrons. The number of carbonyl (C=O) groups excluding carboxylic acids is 1. The fraction of sp³-hybridized carbons (Fsp3) is 0.875. The average Bonchev–Trinajstić information content (AvgIpc) is 2.41. The number of hydrogen-bond acceptors (Lipinski definition) is 3. The lowest BCUT2D eigenvalue weighted by molar-refractivity contribution is -0.158. The van der Waals surface area contributed by atoms with E-state index in [-0.39, 0.29) is 37.4 Å². The molecule has 4 rings (SSSR count). The molecule has 4 bridgehead atoms. The first-order valence-electron chi connectivity index (χ1n) is 8.14. The van der Waals surface area contributed by atoms with Crippen LogP contribution in [0, 0.1) is 23.2 Å². The van der Waals surface area contributed by atoms with Crippen molar-refractivity contribution in [3.05, 3.63) is 0 Å². The van der Waals surface area contributed by atoms with Crippen LogP contribution >= 0.6 is 0 Å². The SMILES string of the molecule is O=C(O)CCN(CCO)C(=O)C12CC3CC(CC(C3)C1)C2. The molecule has 4 aliphatic carbocycles. The Labute approximate surface area is 125 Å². The number of aliphatic hydroxyl groups is 1. The van der Waals surface area contributed by atoms with Crippen LogP contribution in [0.2, 0.25) is 0 Å². The van der Waals surface area contributed by atoms with Gasteiger partial charge < -0.3 is 15.1 Å². The fourth-order valence-corrected chi connectivity index (χ4v) is 5.37. The molecule has 5 heteroatoms. The smallest absolute Gasteiger partial charge is 0.305 e. The summed E-state index contributed by atoms with van der Waals surface area (Å²) in [7, 11) is 0. The van der Waals surface area contributed by atoms with Crippen LogP contribution in [0.15, 0.2) is 0 Å². The van der Waals surface area contributed by atoms with Gasteiger partial charge in [0.15, 0.2) is 0 Å². The molecule has 4 fully saturated rings. The third-order valence-corrected chi connectivity index (χ3v) is 5.74. The topological polar surface area (TPSA) is 77.8 Å². The van der Waals surface area contributed by atoms with E-state index in [9.17, 15) is 14.7 Å². The van der Waals surface area contributed by atoms with Crippen molar-refractivity contribution in [3.63, 3.8) is 0 Å². The summed E-state index contributed by atoms with van der Waals surface area (Å²) in [6.45, 7) is 0.377. The second kappa shape index (κ2) is 5.59. The maximum atomic E-state index is 13.0. The maximum absolute atomic E-state index is 13.0. The Morgan fingerprint density at radius 1 is 1.00 bits per heavy atom. The number of amides is 1. The van der Waals surface area contributed by atoms with Gasteiger partial charge in [0, 0.05) is 13.1 Å². The third-order valence-electron chi connectivity index (χ3n) is 5.74. The van der Waals surface area contributed by atoms with Crippen molar-refractivity contribution in [2.24, 2.45) is 23.2 Å². The van der Waals surface area contributed by atoms with E-state index < -0.39 is 5.97 Å². The first kappa shape index (κ1) is 14.8. The van der Waals surface area contributed by atoms with E-state index in [1.807, 2.05) is 0 Å². The Bertz CT molecular complexity index is 399. The van der Waals surface area contributed by atoms with Gasteiger partial charge in [0.1, 0.15) is 0 Å². The molecule has 0 unspecified atom stereocenters. The van der Waals surface area contributed by atoms with Gasteiger partial charge in [-0.15, -0.1) is 0 Å². The number of carbonyl (C=O) groups is 2. The summed E-state index contributed by atoms with van der Waals surface area (Å²) >= 11 is 0. The zero-order chi connectivity index (χ0) is 15.0. The highest BCUT2D eigenvalue weighted by atomic mass is 16.4. The third kappa shape index (κ3) is 2.80. The Balaban J connectivity index is 1.74. The van der Waals surface area contributed by atoms with E-state index in [4.69, 9.17) is 5.11 Å². The minimum atomic E-state index is -0.892. The monoisotopic (exact) mass is 295 g/mol. The summed E-state index contributed by atoms with van der Waals surface area (Å²) in [5, 5.41) is 18.0. The van der Waals surface area contributed by atoms with Crippen molar-refractivity contribution >= 4 is 11.9 Å². The van der Waals surface area contributed by atoms with Gasteiger partial charge in [-0.25, -0.2) is 0 Å². The number of carboxylic acid groups (broad SMARTS) is 1. The van der Waals surface area contributed by atoms with Crippen molar-refractivity contribution in [2.45, 2.75) is 44.9 Å². The predicted octanol–water partition coefficient (Wildman–Crippen LogP) is 1.50. The fourth-order valence-electron chi connectivity index (χ4n) is 5.37. The number of aliphatic hydroxyl groups excluding tert-OH is 1. The highest BCUT2D eigenvalue weighted by molar-refractivity contribution is 5.83. The van der Waals surface area contributed by atoms with Crippen molar-refractivity contribution in [1.29, 1.82) is 0 Å². The van der Waals surface area contributed by atoms with Gasteiger partial charge in [-0.3, -0.25) is 9.59 Å². The molecule has 0 spiro atoms. The van der Waals surface area contributed by atoms with Gasteiger partial charge in [0.05, 0.1) is 18.4 Å². The second-order valence-electron chi connectivity index (χ2n) is 7.36. The number of hydrogen-bond donors (Lipinski definition) is 2. The molecular formula is C16H25NO4. The van der Waals surface area contributed by atoms with E-state index in [1.54, 1.807) is 4.90 Å². The normalized spacial score (nSPS) is 36.7. The standard InChI is InChI=1S/C16H25NO4/c18-4-3-17(2-1-14(19)20)15(21)16-8-11-5-12(9-16)7-13(6-11)10-16/h11-13,18H,1-10H2,(H,19,20). The lowest BCUT2D eigenvalue weighted by atomic mass is 9.49. The summed E-state index contributed by atoms with van der Waals surface area (Å²) in [6.07, 6.45) is 6.73. The summed E-state index contributed by atoms with van der Waals surface area (Å²) < 4.78 is 0. The highest BCUT2D eigenvalue weighted by Gasteiger charge is 2.55. The predicted molar refractivity (Wildman–Crippen MR) is 76.5 cm³/mol. The molecule has 0 saturated heterocycles. The zero-order valence-corrected chi connectivity index (χ0v) is 12.5. The van der Waals surface area contributed by atoms with Gasteiger partial charge in [-0.05, 0) is 56.3 Å². The van der Waals surface area contributed by atoms with E-state index in [0.717, 1.165) is 19.3 Å². The Hall–Kier alpha value is -1.10. The van der Waals surface area contributed by atoms with Crippen LogP contribution in [0.3, 0.4) is 0 Å². The molecule has 0 atom stereocenters. The summed E-state index contributed by atoms with van der Waals surface area (Å²) in [5.41, 5.74) is -0.248. The number of rotatable bonds is 6. The van der Waals surface area contributed by atoms with Gasteiger partial charge in [-0.1, -0.05) is 0 Å². The molecular weight excluding hydrogens is 270 g/mol. The van der Waals surface area contributed by atoms with Crippen molar-refractivity contribution in [2.75, 3.05) is 19.7 Å². The Morgan fingerprint density at radius 3 is 1.95 bits per heavy atom. The van der Waals surface area contributed by atoms with Crippen LogP contribution in [0.1, 0.15) is 44.9 Å². The lowest BCUT2D eigenvalue weighted by Crippen LogP contribution is -2.55. The molecule has 1 amide bonds. The molecule has 4 saturated carbocycles. The van der Waals surface area contributed by atoms with Crippen LogP contribution in [0.25, 0.3) is 0 Å². The van der Waals surface area contributed by atoms with E-state index in [1.165, 1.54) is 19.3 Å². The molecule has 0 heterocycles. The average molecular weight is 295 g/mol. The number of nitrogens with zero attached hydrogens (tertiary/aromatic N) is 1. The van der Waals surface area contributed by atoms with Gasteiger partial charge >= 0.3 is 5.97 Å². The van der Waals surface area contributed by atoms with Crippen LogP contribution in [0.5, 0.6) is 0 Å². The van der Waals surface area contributed by atoms with Gasteiger partial charge in [0.2, 0.25) is 5.91 Å². The molecule has 5 nitrogen and oxygen atoms in total. The Morgan fingerprint density at radius 2 is 1.52 bits per heavy atom. The zero-order valence-electron chi connectivity index (χ0n) is 12.5. The maximum Gasteiger partial charge on any atom is 0.305 e. The first-order valence-corrected chi connectivity index (χ1v) is 8.14. The van der Waals surface area contributed by atoms with Crippen LogP contribution in [-0.4, -0.2) is 46.7 Å². The van der Waals surface area contributed by atoms with Gasteiger partial charge in [0.25, 0.3) is 0 Å². The van der Waals surface area contributed by atoms with Crippen LogP contribution < -0.4 is 0 Å². The summed E-state index contributed by atoms with van der Waals surface area (Å²) in [4.78, 5) is 25.4. The Kier molecular flexibility index (Phi) is 3.95. The van der Waals surface area contributed by atoms with Gasteiger partial charge in [-0.2, -0.15) is 0 Å². The van der Waals surface area contributed by atoms with Crippen molar-refractivity contribution in [3.8, 4) is 0 Å². The molecule has 0 aliphatic heterocycles. The quantitative estimate of drug-likeness (QED) is 0.778. The number of carboxylic acids is 1. The second-order valence-corrected chi connectivity index (χ2v) is 7.36. The van der Waals surface area contributed by atoms with E-state index in [2.05, 4.69) is 0 Å². The lowest BCUT2D eigenvalue weighted by Gasteiger charge is -2.56. The minimum Gasteiger partial charge on any atom is -0.481 e. The molecule has 2 N–H and O–H groups in total. The summed E-state index contributed by atoms with van der Waals surface area (Å²) in [6, 6.07) is 0. The van der Waals surface area contributed by atoms with Crippen LogP contribution in [0.4, 0.5) is 0 Å². The van der Waals surface area contributed by atoms with Crippen molar-refractivity contribution < 1.29 is 19.8 Å². The molecule has 0 aromatic rings. The van der Waals surface area contributed by atoms with Crippen LogP contribution in [-0.2, 0) is 9.59 Å². The minimum absolute atomic E-state index is 0.0435. The van der Waals surface area contributed by atoms with Crippen molar-refractivity contribution in [1.82, 2.24) is 4.90 Å². The molecule has 0 aromatic heterocycles. The summed E-state index contributed by atoms with van der Waals surface area (Å²) in [5.74, 6) is 1.29. The molecule has 118 valence electrons. The number of aliphatic carboxylic acids is 1. The largest absolute Gasteiger partial charge is 0.481 e. The molecule has 21 heavy (non-hydrogen) atoms. The molecule has 0 aromatic carbocycles. The highest BCUT2D eigenvalue weighted by Crippen LogP contribution is 2.60. The van der Waals surface area contributed by atoms with E-state index in [0.29, 0.717) is 17.8 Å². The van der Waals surface area contributed by atoms with E-state index >= 15 is 0 Å². The first-order chi connectivity index (χ1) is 10.0. The molecule has 4 aliphatic rings.